The van der Waals surface area contributed by atoms with E-state index >= 15 is 0 Å². The molecule has 0 saturated carbocycles. The first-order chi connectivity index (χ1) is 11.3. The van der Waals surface area contributed by atoms with Crippen molar-refractivity contribution >= 4 is 15.7 Å². The van der Waals surface area contributed by atoms with E-state index in [1.165, 1.54) is 36.5 Å². The molecule has 1 aromatic rings. The zero-order valence-corrected chi connectivity index (χ0v) is 16.1. The van der Waals surface area contributed by atoms with E-state index in [0.29, 0.717) is 11.6 Å². The topological polar surface area (TPSA) is 49.9 Å². The molecule has 1 atom stereocenters. The fourth-order valence-corrected chi connectivity index (χ4v) is 3.36. The van der Waals surface area contributed by atoms with Gasteiger partial charge in [0.15, 0.2) is 0 Å². The molecule has 1 aliphatic heterocycles. The van der Waals surface area contributed by atoms with Gasteiger partial charge in [-0.05, 0) is 56.1 Å². The van der Waals surface area contributed by atoms with E-state index in [4.69, 9.17) is 4.74 Å². The third-order valence-corrected chi connectivity index (χ3v) is 5.78. The summed E-state index contributed by atoms with van der Waals surface area (Å²) in [4.78, 5) is 2.53. The smallest absolute Gasteiger partial charge is 0.231 e. The first kappa shape index (κ1) is 19.1. The van der Waals surface area contributed by atoms with Crippen molar-refractivity contribution in [3.05, 3.63) is 24.3 Å². The highest BCUT2D eigenvalue weighted by Crippen LogP contribution is 2.22. The molecule has 136 valence electrons. The summed E-state index contributed by atoms with van der Waals surface area (Å²) in [6.07, 6.45) is 3.64. The lowest BCUT2D eigenvalue weighted by atomic mass is 10.1. The molecule has 0 aliphatic carbocycles. The van der Waals surface area contributed by atoms with Gasteiger partial charge in [0, 0.05) is 19.5 Å². The van der Waals surface area contributed by atoms with Crippen LogP contribution in [-0.4, -0.2) is 52.9 Å². The van der Waals surface area contributed by atoms with E-state index in [-0.39, 0.29) is 0 Å². The first-order valence-corrected chi connectivity index (χ1v) is 10.5. The molecule has 6 heteroatoms. The second kappa shape index (κ2) is 8.21. The molecule has 1 heterocycles. The van der Waals surface area contributed by atoms with E-state index in [9.17, 15) is 8.42 Å². The van der Waals surface area contributed by atoms with Crippen molar-refractivity contribution < 1.29 is 13.2 Å². The SMILES string of the molecule is CC(C)CCN1CCC(COc2ccc(N(C)S(C)(=O)=O)cc2)C1. The summed E-state index contributed by atoms with van der Waals surface area (Å²) >= 11 is 0. The summed E-state index contributed by atoms with van der Waals surface area (Å²) in [5.41, 5.74) is 0.644. The Morgan fingerprint density at radius 1 is 1.29 bits per heavy atom. The Balaban J connectivity index is 1.79. The number of rotatable bonds is 8. The molecule has 24 heavy (non-hydrogen) atoms. The van der Waals surface area contributed by atoms with E-state index in [1.54, 1.807) is 19.2 Å². The van der Waals surface area contributed by atoms with Gasteiger partial charge in [-0.3, -0.25) is 4.31 Å². The maximum absolute atomic E-state index is 11.5. The Morgan fingerprint density at radius 3 is 2.54 bits per heavy atom. The molecule has 1 aliphatic rings. The highest BCUT2D eigenvalue weighted by Gasteiger charge is 2.22. The van der Waals surface area contributed by atoms with Gasteiger partial charge in [0.25, 0.3) is 0 Å². The number of likely N-dealkylation sites (tertiary alicyclic amines) is 1. The highest BCUT2D eigenvalue weighted by atomic mass is 32.2. The van der Waals surface area contributed by atoms with Crippen LogP contribution in [0, 0.1) is 11.8 Å². The Morgan fingerprint density at radius 2 is 1.96 bits per heavy atom. The van der Waals surface area contributed by atoms with Crippen LogP contribution in [-0.2, 0) is 10.0 Å². The first-order valence-electron chi connectivity index (χ1n) is 8.65. The normalized spacial score (nSPS) is 19.0. The number of benzene rings is 1. The van der Waals surface area contributed by atoms with Crippen LogP contribution in [0.5, 0.6) is 5.75 Å². The summed E-state index contributed by atoms with van der Waals surface area (Å²) in [6, 6.07) is 7.23. The van der Waals surface area contributed by atoms with Gasteiger partial charge in [-0.25, -0.2) is 8.42 Å². The molecule has 1 aromatic carbocycles. The molecule has 1 unspecified atom stereocenters. The zero-order chi connectivity index (χ0) is 17.7. The fourth-order valence-electron chi connectivity index (χ4n) is 2.85. The van der Waals surface area contributed by atoms with Crippen LogP contribution in [0.3, 0.4) is 0 Å². The lowest BCUT2D eigenvalue weighted by Crippen LogP contribution is -2.25. The standard InChI is InChI=1S/C18H30N2O3S/c1-15(2)9-11-20-12-10-16(13-20)14-23-18-7-5-17(6-8-18)19(3)24(4,21)22/h5-8,15-16H,9-14H2,1-4H3. The number of ether oxygens (including phenoxy) is 1. The minimum Gasteiger partial charge on any atom is -0.493 e. The van der Waals surface area contributed by atoms with Crippen LogP contribution in [0.2, 0.25) is 0 Å². The molecule has 1 saturated heterocycles. The summed E-state index contributed by atoms with van der Waals surface area (Å²) in [6.45, 7) is 8.71. The molecular weight excluding hydrogens is 324 g/mol. The van der Waals surface area contributed by atoms with Crippen LogP contribution in [0.15, 0.2) is 24.3 Å². The molecule has 0 bridgehead atoms. The number of sulfonamides is 1. The van der Waals surface area contributed by atoms with Crippen LogP contribution in [0.4, 0.5) is 5.69 Å². The number of hydrogen-bond acceptors (Lipinski definition) is 4. The molecule has 2 rings (SSSR count). The number of nitrogens with zero attached hydrogens (tertiary/aromatic N) is 2. The van der Waals surface area contributed by atoms with Crippen molar-refractivity contribution in [2.75, 3.05) is 43.8 Å². The van der Waals surface area contributed by atoms with Crippen molar-refractivity contribution in [1.29, 1.82) is 0 Å². The Hall–Kier alpha value is -1.27. The predicted octanol–water partition coefficient (Wildman–Crippen LogP) is 2.83. The summed E-state index contributed by atoms with van der Waals surface area (Å²) < 4.78 is 30.2. The molecule has 0 N–H and O–H groups in total. The van der Waals surface area contributed by atoms with Gasteiger partial charge in [0.05, 0.1) is 18.6 Å². The van der Waals surface area contributed by atoms with Gasteiger partial charge < -0.3 is 9.64 Å². The molecule has 5 nitrogen and oxygen atoms in total. The average Bonchev–Trinajstić information content (AvgIpc) is 2.98. The second-order valence-electron chi connectivity index (χ2n) is 7.17. The fraction of sp³-hybridized carbons (Fsp3) is 0.667. The second-order valence-corrected chi connectivity index (χ2v) is 9.19. The molecule has 0 radical (unpaired) electrons. The molecular formula is C18H30N2O3S. The Labute approximate surface area is 146 Å². The molecule has 0 spiro atoms. The van der Waals surface area contributed by atoms with E-state index in [2.05, 4.69) is 18.7 Å². The summed E-state index contributed by atoms with van der Waals surface area (Å²) in [5.74, 6) is 2.13. The molecule has 1 fully saturated rings. The van der Waals surface area contributed by atoms with Gasteiger partial charge >= 0.3 is 0 Å². The van der Waals surface area contributed by atoms with Crippen LogP contribution < -0.4 is 9.04 Å². The van der Waals surface area contributed by atoms with Gasteiger partial charge in [0.1, 0.15) is 5.75 Å². The largest absolute Gasteiger partial charge is 0.493 e. The van der Waals surface area contributed by atoms with E-state index in [0.717, 1.165) is 24.8 Å². The minimum absolute atomic E-state index is 0.579. The summed E-state index contributed by atoms with van der Waals surface area (Å²) in [5, 5.41) is 0. The van der Waals surface area contributed by atoms with Gasteiger partial charge in [-0.1, -0.05) is 13.8 Å². The number of hydrogen-bond donors (Lipinski definition) is 0. The minimum atomic E-state index is -3.22. The van der Waals surface area contributed by atoms with Gasteiger partial charge in [0.2, 0.25) is 10.0 Å². The van der Waals surface area contributed by atoms with Crippen LogP contribution in [0.1, 0.15) is 26.7 Å². The van der Waals surface area contributed by atoms with Crippen molar-refractivity contribution in [2.45, 2.75) is 26.7 Å². The summed E-state index contributed by atoms with van der Waals surface area (Å²) in [7, 11) is -1.67. The van der Waals surface area contributed by atoms with Crippen LogP contribution >= 0.6 is 0 Å². The highest BCUT2D eigenvalue weighted by molar-refractivity contribution is 7.92. The maximum Gasteiger partial charge on any atom is 0.231 e. The maximum atomic E-state index is 11.5. The lowest BCUT2D eigenvalue weighted by Gasteiger charge is -2.18. The Kier molecular flexibility index (Phi) is 6.52. The van der Waals surface area contributed by atoms with Crippen molar-refractivity contribution in [3.63, 3.8) is 0 Å². The predicted molar refractivity (Wildman–Crippen MR) is 99.2 cm³/mol. The Bertz CT molecular complexity index is 614. The van der Waals surface area contributed by atoms with Crippen molar-refractivity contribution in [2.24, 2.45) is 11.8 Å². The monoisotopic (exact) mass is 354 g/mol. The quantitative estimate of drug-likeness (QED) is 0.720. The lowest BCUT2D eigenvalue weighted by molar-refractivity contribution is 0.237. The average molecular weight is 355 g/mol. The third kappa shape index (κ3) is 5.67. The van der Waals surface area contributed by atoms with Crippen LogP contribution in [0.25, 0.3) is 0 Å². The van der Waals surface area contributed by atoms with E-state index in [1.807, 2.05) is 12.1 Å². The third-order valence-electron chi connectivity index (χ3n) is 4.58. The van der Waals surface area contributed by atoms with E-state index < -0.39 is 10.0 Å². The number of anilines is 1. The van der Waals surface area contributed by atoms with Crippen molar-refractivity contribution in [3.8, 4) is 5.75 Å². The molecule has 0 aromatic heterocycles. The van der Waals surface area contributed by atoms with Gasteiger partial charge in [-0.2, -0.15) is 0 Å². The zero-order valence-electron chi connectivity index (χ0n) is 15.2. The van der Waals surface area contributed by atoms with Gasteiger partial charge in [-0.15, -0.1) is 0 Å². The van der Waals surface area contributed by atoms with Crippen molar-refractivity contribution in [1.82, 2.24) is 4.90 Å². The molecule has 0 amide bonds.